The molecule has 0 aliphatic rings. The van der Waals surface area contributed by atoms with Crippen LogP contribution in [0.3, 0.4) is 0 Å². The van der Waals surface area contributed by atoms with Gasteiger partial charge in [0.15, 0.2) is 0 Å². The molecule has 0 amide bonds. The van der Waals surface area contributed by atoms with Crippen LogP contribution in [-0.2, 0) is 22.6 Å². The van der Waals surface area contributed by atoms with E-state index in [-0.39, 0.29) is 24.1 Å². The van der Waals surface area contributed by atoms with E-state index in [1.165, 1.54) is 6.07 Å². The molecule has 1 atom stereocenters. The van der Waals surface area contributed by atoms with Crippen molar-refractivity contribution in [2.45, 2.75) is 40.3 Å². The Labute approximate surface area is 101 Å². The molecule has 0 spiro atoms. The Balaban J connectivity index is 2.48. The van der Waals surface area contributed by atoms with Gasteiger partial charge in [-0.2, -0.15) is 0 Å². The fraction of sp³-hybridized carbons (Fsp3) is 0.667. The number of nitrogens with zero attached hydrogens (tertiary/aromatic N) is 2. The van der Waals surface area contributed by atoms with Gasteiger partial charge in [-0.1, -0.05) is 13.8 Å². The lowest BCUT2D eigenvalue weighted by Crippen LogP contribution is -2.26. The number of ether oxygens (including phenoxy) is 1. The third-order valence-corrected chi connectivity index (χ3v) is 2.84. The Kier molecular flexibility index (Phi) is 5.00. The largest absolute Gasteiger partial charge is 0.464 e. The summed E-state index contributed by atoms with van der Waals surface area (Å²) in [7, 11) is 0. The molecule has 0 saturated heterocycles. The van der Waals surface area contributed by atoms with Crippen LogP contribution in [0.15, 0.2) is 17.1 Å². The minimum absolute atomic E-state index is 0.0635. The van der Waals surface area contributed by atoms with Gasteiger partial charge in [0.05, 0.1) is 12.5 Å². The van der Waals surface area contributed by atoms with Gasteiger partial charge in [-0.05, 0) is 13.3 Å². The molecule has 0 aliphatic carbocycles. The van der Waals surface area contributed by atoms with E-state index < -0.39 is 0 Å². The van der Waals surface area contributed by atoms with Crippen molar-refractivity contribution >= 4 is 5.97 Å². The summed E-state index contributed by atoms with van der Waals surface area (Å²) in [6.45, 7) is 7.11. The molecule has 0 aromatic carbocycles. The van der Waals surface area contributed by atoms with E-state index in [9.17, 15) is 9.59 Å². The van der Waals surface area contributed by atoms with Crippen molar-refractivity contribution in [3.05, 3.63) is 22.6 Å². The van der Waals surface area contributed by atoms with Crippen molar-refractivity contribution in [1.29, 1.82) is 0 Å². The summed E-state index contributed by atoms with van der Waals surface area (Å²) in [5.74, 6) is -0.278. The third kappa shape index (κ3) is 3.47. The van der Waals surface area contributed by atoms with Gasteiger partial charge in [0.25, 0.3) is 5.56 Å². The van der Waals surface area contributed by atoms with Crippen LogP contribution in [0.4, 0.5) is 0 Å². The van der Waals surface area contributed by atoms with Crippen LogP contribution in [0.1, 0.15) is 27.2 Å². The van der Waals surface area contributed by atoms with Gasteiger partial charge >= 0.3 is 5.97 Å². The molecule has 0 aliphatic heterocycles. The molecule has 1 rings (SSSR count). The normalized spacial score (nSPS) is 12.4. The fourth-order valence-corrected chi connectivity index (χ4v) is 1.50. The van der Waals surface area contributed by atoms with Crippen molar-refractivity contribution < 1.29 is 9.53 Å². The maximum absolute atomic E-state index is 11.5. The molecular weight excluding hydrogens is 220 g/mol. The van der Waals surface area contributed by atoms with Crippen LogP contribution in [-0.4, -0.2) is 21.9 Å². The molecule has 0 radical (unpaired) electrons. The molecule has 1 aromatic heterocycles. The second-order valence-electron chi connectivity index (χ2n) is 4.01. The van der Waals surface area contributed by atoms with E-state index in [1.807, 2.05) is 20.8 Å². The fourth-order valence-electron chi connectivity index (χ4n) is 1.50. The van der Waals surface area contributed by atoms with Crippen LogP contribution < -0.4 is 5.56 Å². The lowest BCUT2D eigenvalue weighted by atomic mass is 10.1. The van der Waals surface area contributed by atoms with E-state index in [1.54, 1.807) is 15.6 Å². The molecule has 0 fully saturated rings. The number of hydrogen-bond acceptors (Lipinski definition) is 3. The monoisotopic (exact) mass is 240 g/mol. The Morgan fingerprint density at radius 1 is 1.47 bits per heavy atom. The second-order valence-corrected chi connectivity index (χ2v) is 4.01. The highest BCUT2D eigenvalue weighted by Gasteiger charge is 2.11. The minimum atomic E-state index is -0.199. The van der Waals surface area contributed by atoms with Gasteiger partial charge in [-0.15, -0.1) is 0 Å². The topological polar surface area (TPSA) is 53.2 Å². The molecule has 5 nitrogen and oxygen atoms in total. The second kappa shape index (κ2) is 6.27. The van der Waals surface area contributed by atoms with Gasteiger partial charge in [0.1, 0.15) is 6.61 Å². The van der Waals surface area contributed by atoms with Crippen molar-refractivity contribution in [1.82, 2.24) is 9.36 Å². The quantitative estimate of drug-likeness (QED) is 0.703. The average Bonchev–Trinajstić information content (AvgIpc) is 2.69. The predicted molar refractivity (Wildman–Crippen MR) is 64.8 cm³/mol. The number of hydrogen-bond donors (Lipinski definition) is 0. The van der Waals surface area contributed by atoms with Gasteiger partial charge in [0, 0.05) is 18.8 Å². The Morgan fingerprint density at radius 2 is 2.18 bits per heavy atom. The van der Waals surface area contributed by atoms with Crippen molar-refractivity contribution in [2.24, 2.45) is 5.92 Å². The van der Waals surface area contributed by atoms with Crippen LogP contribution in [0.25, 0.3) is 0 Å². The molecule has 96 valence electrons. The highest BCUT2D eigenvalue weighted by molar-refractivity contribution is 5.71. The first kappa shape index (κ1) is 13.5. The van der Waals surface area contributed by atoms with E-state index in [4.69, 9.17) is 4.74 Å². The van der Waals surface area contributed by atoms with Crippen molar-refractivity contribution in [2.75, 3.05) is 6.61 Å². The van der Waals surface area contributed by atoms with E-state index in [2.05, 4.69) is 0 Å². The summed E-state index contributed by atoms with van der Waals surface area (Å²) in [5.41, 5.74) is -0.0635. The van der Waals surface area contributed by atoms with Gasteiger partial charge in [-0.25, -0.2) is 4.68 Å². The van der Waals surface area contributed by atoms with Gasteiger partial charge in [0.2, 0.25) is 0 Å². The molecule has 0 saturated carbocycles. The Bertz CT molecular complexity index is 420. The van der Waals surface area contributed by atoms with Gasteiger partial charge < -0.3 is 4.74 Å². The smallest absolute Gasteiger partial charge is 0.308 e. The lowest BCUT2D eigenvalue weighted by Gasteiger charge is -2.12. The number of aromatic nitrogens is 2. The van der Waals surface area contributed by atoms with E-state index >= 15 is 0 Å². The molecule has 1 unspecified atom stereocenters. The van der Waals surface area contributed by atoms with Crippen LogP contribution in [0.5, 0.6) is 0 Å². The van der Waals surface area contributed by atoms with Crippen molar-refractivity contribution in [3.63, 3.8) is 0 Å². The van der Waals surface area contributed by atoms with Crippen molar-refractivity contribution in [3.8, 4) is 0 Å². The van der Waals surface area contributed by atoms with E-state index in [0.717, 1.165) is 13.0 Å². The summed E-state index contributed by atoms with van der Waals surface area (Å²) < 4.78 is 8.49. The highest BCUT2D eigenvalue weighted by atomic mass is 16.5. The molecule has 0 bridgehead atoms. The first-order valence-corrected chi connectivity index (χ1v) is 6.03. The predicted octanol–water partition coefficient (Wildman–Crippen LogP) is 1.26. The van der Waals surface area contributed by atoms with E-state index in [0.29, 0.717) is 6.54 Å². The van der Waals surface area contributed by atoms with Gasteiger partial charge in [-0.3, -0.25) is 14.3 Å². The Morgan fingerprint density at radius 3 is 2.76 bits per heavy atom. The standard InChI is InChI=1S/C12H20N2O3/c1-4-10(3)12(16)17-9-8-14-11(15)6-7-13(14)5-2/h6-7,10H,4-5,8-9H2,1-3H3. The minimum Gasteiger partial charge on any atom is -0.464 e. The molecule has 5 heteroatoms. The summed E-state index contributed by atoms with van der Waals surface area (Å²) in [4.78, 5) is 22.9. The maximum Gasteiger partial charge on any atom is 0.308 e. The number of esters is 1. The highest BCUT2D eigenvalue weighted by Crippen LogP contribution is 2.02. The third-order valence-electron chi connectivity index (χ3n) is 2.84. The first-order valence-electron chi connectivity index (χ1n) is 6.03. The Hall–Kier alpha value is -1.52. The zero-order valence-corrected chi connectivity index (χ0v) is 10.7. The molecular formula is C12H20N2O3. The summed E-state index contributed by atoms with van der Waals surface area (Å²) in [5, 5.41) is 0. The molecule has 1 aromatic rings. The summed E-state index contributed by atoms with van der Waals surface area (Å²) in [6.07, 6.45) is 2.50. The summed E-state index contributed by atoms with van der Waals surface area (Å²) in [6, 6.07) is 1.51. The number of carbonyl (C=O) groups is 1. The number of carbonyl (C=O) groups excluding carboxylic acids is 1. The van der Waals surface area contributed by atoms with Crippen LogP contribution >= 0.6 is 0 Å². The SMILES string of the molecule is CCC(C)C(=O)OCCn1c(=O)ccn1CC. The summed E-state index contributed by atoms with van der Waals surface area (Å²) >= 11 is 0. The van der Waals surface area contributed by atoms with Crippen LogP contribution in [0.2, 0.25) is 0 Å². The average molecular weight is 240 g/mol. The lowest BCUT2D eigenvalue weighted by molar-refractivity contribution is -0.148. The molecule has 0 N–H and O–H groups in total. The zero-order chi connectivity index (χ0) is 12.8. The number of rotatable bonds is 6. The van der Waals surface area contributed by atoms with Crippen LogP contribution in [0, 0.1) is 5.92 Å². The zero-order valence-electron chi connectivity index (χ0n) is 10.7. The number of aryl methyl sites for hydroxylation is 1. The molecule has 1 heterocycles. The first-order chi connectivity index (χ1) is 8.10. The maximum atomic E-state index is 11.5. The molecule has 17 heavy (non-hydrogen) atoms.